The summed E-state index contributed by atoms with van der Waals surface area (Å²) in [5, 5.41) is 0. The van der Waals surface area contributed by atoms with Crippen LogP contribution in [-0.4, -0.2) is 41.2 Å². The molecule has 1 atom stereocenters. The van der Waals surface area contributed by atoms with Gasteiger partial charge in [-0.3, -0.25) is 4.90 Å². The van der Waals surface area contributed by atoms with Crippen LogP contribution in [0.25, 0.3) is 0 Å². The van der Waals surface area contributed by atoms with Crippen LogP contribution in [0, 0.1) is 11.6 Å². The summed E-state index contributed by atoms with van der Waals surface area (Å²) in [6.07, 6.45) is 3.79. The predicted octanol–water partition coefficient (Wildman–Crippen LogP) is 2.42. The molecule has 122 valence electrons. The van der Waals surface area contributed by atoms with Gasteiger partial charge in [0.25, 0.3) is 0 Å². The van der Waals surface area contributed by atoms with Gasteiger partial charge < -0.3 is 9.47 Å². The highest BCUT2D eigenvalue weighted by molar-refractivity contribution is 5.19. The molecule has 2 heterocycles. The molecule has 1 aromatic carbocycles. The second-order valence-corrected chi connectivity index (χ2v) is 5.40. The van der Waals surface area contributed by atoms with Crippen LogP contribution in [0.1, 0.15) is 12.0 Å². The minimum Gasteiger partial charge on any atom is -0.494 e. The highest BCUT2D eigenvalue weighted by Gasteiger charge is 2.25. The number of aromatic nitrogens is 2. The molecule has 1 fully saturated rings. The van der Waals surface area contributed by atoms with Crippen molar-refractivity contribution in [1.82, 2.24) is 14.9 Å². The van der Waals surface area contributed by atoms with Crippen molar-refractivity contribution in [3.05, 3.63) is 47.8 Å². The summed E-state index contributed by atoms with van der Waals surface area (Å²) in [6, 6.07) is 3.79. The highest BCUT2D eigenvalue weighted by atomic mass is 19.1. The van der Waals surface area contributed by atoms with E-state index in [1.165, 1.54) is 18.5 Å². The van der Waals surface area contributed by atoms with Crippen LogP contribution in [-0.2, 0) is 6.54 Å². The molecular formula is C16H17F2N3O2. The number of hydrogen-bond donors (Lipinski definition) is 0. The lowest BCUT2D eigenvalue weighted by Gasteiger charge is -2.16. The first kappa shape index (κ1) is 15.6. The minimum atomic E-state index is -0.431. The Kier molecular flexibility index (Phi) is 4.66. The van der Waals surface area contributed by atoms with E-state index in [0.717, 1.165) is 25.1 Å². The normalized spacial score (nSPS) is 18.1. The largest absolute Gasteiger partial charge is 0.494 e. The Hall–Kier alpha value is -2.28. The van der Waals surface area contributed by atoms with Gasteiger partial charge in [-0.15, -0.1) is 0 Å². The summed E-state index contributed by atoms with van der Waals surface area (Å²) >= 11 is 0. The number of hydrogen-bond acceptors (Lipinski definition) is 5. The van der Waals surface area contributed by atoms with Crippen LogP contribution in [0.3, 0.4) is 0 Å². The van der Waals surface area contributed by atoms with Crippen molar-refractivity contribution in [3.63, 3.8) is 0 Å². The first-order valence-electron chi connectivity index (χ1n) is 7.33. The summed E-state index contributed by atoms with van der Waals surface area (Å²) in [5.74, 6) is -0.263. The molecule has 5 nitrogen and oxygen atoms in total. The third-order valence-electron chi connectivity index (χ3n) is 3.74. The van der Waals surface area contributed by atoms with Gasteiger partial charge in [0.05, 0.1) is 19.5 Å². The minimum absolute atomic E-state index is 0.0694. The van der Waals surface area contributed by atoms with E-state index in [4.69, 9.17) is 9.47 Å². The number of likely N-dealkylation sites (tertiary alicyclic amines) is 1. The number of ether oxygens (including phenoxy) is 2. The maximum absolute atomic E-state index is 13.7. The van der Waals surface area contributed by atoms with Crippen LogP contribution in [0.5, 0.6) is 11.8 Å². The topological polar surface area (TPSA) is 47.5 Å². The van der Waals surface area contributed by atoms with Crippen molar-refractivity contribution in [2.24, 2.45) is 0 Å². The molecule has 1 aliphatic rings. The number of nitrogens with zero attached hydrogens (tertiary/aromatic N) is 3. The fraction of sp³-hybridized carbons (Fsp3) is 0.375. The first-order valence-corrected chi connectivity index (χ1v) is 7.33. The van der Waals surface area contributed by atoms with E-state index in [2.05, 4.69) is 9.97 Å². The monoisotopic (exact) mass is 321 g/mol. The summed E-state index contributed by atoms with van der Waals surface area (Å²) < 4.78 is 37.6. The molecule has 1 unspecified atom stereocenters. The molecule has 1 aliphatic heterocycles. The fourth-order valence-corrected chi connectivity index (χ4v) is 2.56. The van der Waals surface area contributed by atoms with Crippen LogP contribution in [0.15, 0.2) is 30.6 Å². The highest BCUT2D eigenvalue weighted by Crippen LogP contribution is 2.20. The second kappa shape index (κ2) is 6.87. The number of benzene rings is 1. The molecule has 0 spiro atoms. The van der Waals surface area contributed by atoms with Crippen LogP contribution in [0.2, 0.25) is 0 Å². The van der Waals surface area contributed by atoms with E-state index in [1.54, 1.807) is 7.11 Å². The third-order valence-corrected chi connectivity index (χ3v) is 3.74. The van der Waals surface area contributed by atoms with Crippen LogP contribution in [0.4, 0.5) is 8.78 Å². The molecule has 0 amide bonds. The Morgan fingerprint density at radius 2 is 2.04 bits per heavy atom. The zero-order valence-electron chi connectivity index (χ0n) is 12.7. The SMILES string of the molecule is COc1cnc(OC2CCN(Cc3cc(F)ccc3F)C2)nc1. The number of methoxy groups -OCH3 is 1. The van der Waals surface area contributed by atoms with Crippen molar-refractivity contribution >= 4 is 0 Å². The van der Waals surface area contributed by atoms with Gasteiger partial charge in [0.2, 0.25) is 0 Å². The summed E-state index contributed by atoms with van der Waals surface area (Å²) in [4.78, 5) is 10.1. The lowest BCUT2D eigenvalue weighted by molar-refractivity contribution is 0.182. The molecule has 1 aromatic heterocycles. The number of rotatable bonds is 5. The Balaban J connectivity index is 1.56. The Morgan fingerprint density at radius 1 is 1.26 bits per heavy atom. The number of halogens is 2. The molecule has 0 aliphatic carbocycles. The molecule has 0 saturated carbocycles. The Morgan fingerprint density at radius 3 is 2.78 bits per heavy atom. The summed E-state index contributed by atoms with van der Waals surface area (Å²) in [5.41, 5.74) is 0.353. The Bertz CT molecular complexity index is 667. The summed E-state index contributed by atoms with van der Waals surface area (Å²) in [7, 11) is 1.54. The van der Waals surface area contributed by atoms with Gasteiger partial charge >= 0.3 is 6.01 Å². The summed E-state index contributed by atoms with van der Waals surface area (Å²) in [6.45, 7) is 1.72. The molecule has 2 aromatic rings. The maximum atomic E-state index is 13.7. The first-order chi connectivity index (χ1) is 11.1. The lowest BCUT2D eigenvalue weighted by atomic mass is 10.2. The molecule has 0 radical (unpaired) electrons. The van der Waals surface area contributed by atoms with E-state index in [0.29, 0.717) is 24.4 Å². The molecular weight excluding hydrogens is 304 g/mol. The fourth-order valence-electron chi connectivity index (χ4n) is 2.56. The molecule has 23 heavy (non-hydrogen) atoms. The smallest absolute Gasteiger partial charge is 0.316 e. The van der Waals surface area contributed by atoms with E-state index in [1.807, 2.05) is 4.90 Å². The average Bonchev–Trinajstić information content (AvgIpc) is 2.99. The second-order valence-electron chi connectivity index (χ2n) is 5.40. The van der Waals surface area contributed by atoms with Crippen molar-refractivity contribution in [2.45, 2.75) is 19.1 Å². The molecule has 7 heteroatoms. The zero-order valence-corrected chi connectivity index (χ0v) is 12.7. The third kappa shape index (κ3) is 3.92. The van der Waals surface area contributed by atoms with Crippen LogP contribution >= 0.6 is 0 Å². The van der Waals surface area contributed by atoms with E-state index >= 15 is 0 Å². The van der Waals surface area contributed by atoms with E-state index in [9.17, 15) is 8.78 Å². The Labute approximate surface area is 132 Å². The van der Waals surface area contributed by atoms with Crippen molar-refractivity contribution in [1.29, 1.82) is 0 Å². The van der Waals surface area contributed by atoms with Gasteiger partial charge in [-0.2, -0.15) is 9.97 Å². The molecule has 0 N–H and O–H groups in total. The molecule has 1 saturated heterocycles. The lowest BCUT2D eigenvalue weighted by Crippen LogP contribution is -2.25. The molecule has 3 rings (SSSR count). The average molecular weight is 321 g/mol. The van der Waals surface area contributed by atoms with Gasteiger partial charge in [0.1, 0.15) is 17.7 Å². The predicted molar refractivity (Wildman–Crippen MR) is 79.3 cm³/mol. The van der Waals surface area contributed by atoms with Gasteiger partial charge in [0, 0.05) is 25.2 Å². The van der Waals surface area contributed by atoms with Gasteiger partial charge in [0.15, 0.2) is 5.75 Å². The van der Waals surface area contributed by atoms with Crippen molar-refractivity contribution < 1.29 is 18.3 Å². The zero-order chi connectivity index (χ0) is 16.2. The van der Waals surface area contributed by atoms with Crippen LogP contribution < -0.4 is 9.47 Å². The van der Waals surface area contributed by atoms with E-state index in [-0.39, 0.29) is 12.1 Å². The standard InChI is InChI=1S/C16H17F2N3O2/c1-22-14-7-19-16(20-8-14)23-13-4-5-21(10-13)9-11-6-12(17)2-3-15(11)18/h2-3,6-8,13H,4-5,9-10H2,1H3. The van der Waals surface area contributed by atoms with Crippen molar-refractivity contribution in [2.75, 3.05) is 20.2 Å². The molecule has 0 bridgehead atoms. The van der Waals surface area contributed by atoms with Gasteiger partial charge in [-0.1, -0.05) is 0 Å². The van der Waals surface area contributed by atoms with Gasteiger partial charge in [-0.05, 0) is 24.6 Å². The van der Waals surface area contributed by atoms with Crippen molar-refractivity contribution in [3.8, 4) is 11.8 Å². The van der Waals surface area contributed by atoms with Gasteiger partial charge in [-0.25, -0.2) is 8.78 Å². The quantitative estimate of drug-likeness (QED) is 0.846. The van der Waals surface area contributed by atoms with E-state index < -0.39 is 11.6 Å². The maximum Gasteiger partial charge on any atom is 0.316 e.